The molecule has 0 unspecified atom stereocenters. The molecule has 0 aliphatic rings. The Hall–Kier alpha value is -0.850. The first-order valence-electron chi connectivity index (χ1n) is 12.8. The van der Waals surface area contributed by atoms with E-state index in [2.05, 4.69) is 17.6 Å². The van der Waals surface area contributed by atoms with E-state index in [0.717, 1.165) is 13.1 Å². The van der Waals surface area contributed by atoms with E-state index in [1.807, 2.05) is 20.8 Å². The summed E-state index contributed by atoms with van der Waals surface area (Å²) in [6, 6.07) is 0. The molecule has 0 saturated heterocycles. The highest BCUT2D eigenvalue weighted by Crippen LogP contribution is 2.11. The van der Waals surface area contributed by atoms with E-state index in [1.54, 1.807) is 0 Å². The highest BCUT2D eigenvalue weighted by Gasteiger charge is 2.15. The van der Waals surface area contributed by atoms with Gasteiger partial charge in [-0.2, -0.15) is 0 Å². The lowest BCUT2D eigenvalue weighted by atomic mass is 10.1. The fraction of sp³-hybridized carbons (Fsp3) is 0.960. The largest absolute Gasteiger partial charge is 0.444 e. The number of alkyl carbamates (subject to hydrolysis) is 1. The van der Waals surface area contributed by atoms with Crippen LogP contribution in [0.5, 0.6) is 0 Å². The second-order valence-electron chi connectivity index (χ2n) is 9.29. The Bertz CT molecular complexity index is 386. The molecule has 0 aliphatic carbocycles. The lowest BCUT2D eigenvalue weighted by Crippen LogP contribution is -2.34. The second-order valence-corrected chi connectivity index (χ2v) is 9.29. The van der Waals surface area contributed by atoms with E-state index in [4.69, 9.17) is 14.2 Å². The smallest absolute Gasteiger partial charge is 0.407 e. The summed E-state index contributed by atoms with van der Waals surface area (Å²) < 4.78 is 16.1. The maximum atomic E-state index is 11.4. The van der Waals surface area contributed by atoms with Gasteiger partial charge in [-0.1, -0.05) is 77.6 Å². The highest BCUT2D eigenvalue weighted by molar-refractivity contribution is 5.67. The number of unbranched alkanes of at least 4 members (excludes halogenated alkanes) is 11. The summed E-state index contributed by atoms with van der Waals surface area (Å²) in [6.07, 6.45) is 16.2. The van der Waals surface area contributed by atoms with Crippen molar-refractivity contribution in [3.05, 3.63) is 0 Å². The van der Waals surface area contributed by atoms with Gasteiger partial charge in [0.1, 0.15) is 5.60 Å². The van der Waals surface area contributed by atoms with Gasteiger partial charge in [0.15, 0.2) is 0 Å². The highest BCUT2D eigenvalue weighted by atomic mass is 16.6. The number of carbonyl (C=O) groups is 1. The van der Waals surface area contributed by atoms with E-state index in [-0.39, 0.29) is 0 Å². The predicted octanol–water partition coefficient (Wildman–Crippen LogP) is 5.84. The quantitative estimate of drug-likeness (QED) is 0.205. The third-order valence-electron chi connectivity index (χ3n) is 4.92. The van der Waals surface area contributed by atoms with Gasteiger partial charge in [0.2, 0.25) is 0 Å². The summed E-state index contributed by atoms with van der Waals surface area (Å²) in [7, 11) is 0. The van der Waals surface area contributed by atoms with Crippen molar-refractivity contribution in [3.8, 4) is 0 Å². The van der Waals surface area contributed by atoms with E-state index in [0.29, 0.717) is 33.0 Å². The summed E-state index contributed by atoms with van der Waals surface area (Å²) in [5.41, 5.74) is -0.472. The fourth-order valence-corrected chi connectivity index (χ4v) is 3.22. The molecule has 0 spiro atoms. The molecule has 0 fully saturated rings. The molecule has 2 N–H and O–H groups in total. The maximum Gasteiger partial charge on any atom is 0.407 e. The van der Waals surface area contributed by atoms with Crippen LogP contribution in [0.25, 0.3) is 0 Å². The van der Waals surface area contributed by atoms with Crippen molar-refractivity contribution in [2.75, 3.05) is 46.1 Å². The molecule has 31 heavy (non-hydrogen) atoms. The van der Waals surface area contributed by atoms with Gasteiger partial charge in [-0.25, -0.2) is 4.79 Å². The molecule has 0 aromatic carbocycles. The normalized spacial score (nSPS) is 11.6. The van der Waals surface area contributed by atoms with Gasteiger partial charge < -0.3 is 24.8 Å². The summed E-state index contributed by atoms with van der Waals surface area (Å²) >= 11 is 0. The van der Waals surface area contributed by atoms with Gasteiger partial charge in [-0.15, -0.1) is 0 Å². The molecule has 0 aliphatic heterocycles. The number of ether oxygens (including phenoxy) is 3. The zero-order valence-electron chi connectivity index (χ0n) is 21.1. The molecular weight excluding hydrogens is 392 g/mol. The van der Waals surface area contributed by atoms with Crippen molar-refractivity contribution in [1.82, 2.24) is 10.6 Å². The molecule has 0 bridgehead atoms. The number of amides is 1. The summed E-state index contributed by atoms with van der Waals surface area (Å²) in [4.78, 5) is 11.4. The van der Waals surface area contributed by atoms with Crippen LogP contribution < -0.4 is 10.6 Å². The zero-order chi connectivity index (χ0) is 23.0. The van der Waals surface area contributed by atoms with Crippen molar-refractivity contribution in [1.29, 1.82) is 0 Å². The molecule has 0 atom stereocenters. The van der Waals surface area contributed by atoms with Crippen molar-refractivity contribution < 1.29 is 19.0 Å². The van der Waals surface area contributed by atoms with Crippen LogP contribution in [0.1, 0.15) is 105 Å². The van der Waals surface area contributed by atoms with Crippen LogP contribution in [0.2, 0.25) is 0 Å². The summed E-state index contributed by atoms with van der Waals surface area (Å²) in [5, 5.41) is 6.10. The average Bonchev–Trinajstić information content (AvgIpc) is 2.70. The molecule has 0 saturated carbocycles. The maximum absolute atomic E-state index is 11.4. The monoisotopic (exact) mass is 444 g/mol. The Kier molecular flexibility index (Phi) is 21.7. The molecular formula is C25H52N2O4. The van der Waals surface area contributed by atoms with Crippen molar-refractivity contribution in [3.63, 3.8) is 0 Å². The molecule has 6 heteroatoms. The van der Waals surface area contributed by atoms with Crippen LogP contribution in [0, 0.1) is 0 Å². The van der Waals surface area contributed by atoms with Gasteiger partial charge in [-0.05, 0) is 33.7 Å². The minimum absolute atomic E-state index is 0.411. The predicted molar refractivity (Wildman–Crippen MR) is 130 cm³/mol. The first-order chi connectivity index (χ1) is 15.0. The van der Waals surface area contributed by atoms with Gasteiger partial charge in [-0.3, -0.25) is 0 Å². The van der Waals surface area contributed by atoms with Gasteiger partial charge in [0, 0.05) is 13.1 Å². The zero-order valence-corrected chi connectivity index (χ0v) is 21.1. The molecule has 6 nitrogen and oxygen atoms in total. The fourth-order valence-electron chi connectivity index (χ4n) is 3.22. The third-order valence-corrected chi connectivity index (χ3v) is 4.92. The Morgan fingerprint density at radius 2 is 1.13 bits per heavy atom. The Labute approximate surface area is 192 Å². The minimum Gasteiger partial charge on any atom is -0.444 e. The van der Waals surface area contributed by atoms with E-state index in [9.17, 15) is 4.79 Å². The third kappa shape index (κ3) is 27.1. The Morgan fingerprint density at radius 3 is 1.65 bits per heavy atom. The van der Waals surface area contributed by atoms with Gasteiger partial charge in [0.25, 0.3) is 0 Å². The second kappa shape index (κ2) is 22.3. The molecule has 0 aromatic rings. The van der Waals surface area contributed by atoms with Crippen LogP contribution in [-0.4, -0.2) is 57.8 Å². The van der Waals surface area contributed by atoms with Crippen molar-refractivity contribution in [2.45, 2.75) is 110 Å². The van der Waals surface area contributed by atoms with Crippen LogP contribution in [0.3, 0.4) is 0 Å². The summed E-state index contributed by atoms with van der Waals surface area (Å²) in [6.45, 7) is 12.5. The molecule has 0 heterocycles. The molecule has 1 amide bonds. The standard InChI is InChI=1S/C25H52N2O4/c1-5-6-7-8-9-10-11-12-13-14-15-16-17-26-18-20-29-22-23-30-21-19-27-24(28)31-25(2,3)4/h26H,5-23H2,1-4H3,(H,27,28). The Morgan fingerprint density at radius 1 is 0.645 bits per heavy atom. The average molecular weight is 445 g/mol. The molecule has 0 radical (unpaired) electrons. The summed E-state index contributed by atoms with van der Waals surface area (Å²) in [5.74, 6) is 0. The first kappa shape index (κ1) is 30.1. The first-order valence-corrected chi connectivity index (χ1v) is 12.8. The number of hydrogen-bond donors (Lipinski definition) is 2. The van der Waals surface area contributed by atoms with Gasteiger partial charge in [0.05, 0.1) is 26.4 Å². The van der Waals surface area contributed by atoms with Crippen molar-refractivity contribution >= 4 is 6.09 Å². The SMILES string of the molecule is CCCCCCCCCCCCCCNCCOCCOCCNC(=O)OC(C)(C)C. The van der Waals surface area contributed by atoms with Crippen LogP contribution >= 0.6 is 0 Å². The van der Waals surface area contributed by atoms with E-state index < -0.39 is 11.7 Å². The van der Waals surface area contributed by atoms with E-state index in [1.165, 1.54) is 77.0 Å². The molecule has 0 aromatic heterocycles. The van der Waals surface area contributed by atoms with Crippen LogP contribution in [0.15, 0.2) is 0 Å². The topological polar surface area (TPSA) is 68.8 Å². The van der Waals surface area contributed by atoms with Crippen LogP contribution in [0.4, 0.5) is 4.79 Å². The Balaban J connectivity index is 3.10. The lowest BCUT2D eigenvalue weighted by Gasteiger charge is -2.19. The molecule has 0 rings (SSSR count). The van der Waals surface area contributed by atoms with Gasteiger partial charge >= 0.3 is 6.09 Å². The number of rotatable bonds is 22. The number of nitrogens with one attached hydrogen (secondary N) is 2. The lowest BCUT2D eigenvalue weighted by molar-refractivity contribution is 0.0403. The number of carbonyl (C=O) groups excluding carboxylic acids is 1. The molecule has 186 valence electrons. The minimum atomic E-state index is -0.472. The van der Waals surface area contributed by atoms with Crippen LogP contribution in [-0.2, 0) is 14.2 Å². The van der Waals surface area contributed by atoms with E-state index >= 15 is 0 Å². The number of hydrogen-bond acceptors (Lipinski definition) is 5. The van der Waals surface area contributed by atoms with Crippen molar-refractivity contribution in [2.24, 2.45) is 0 Å².